The maximum atomic E-state index is 14.5. The fourth-order valence-electron chi connectivity index (χ4n) is 2.86. The minimum Gasteiger partial charge on any atom is -0.478 e. The maximum absolute atomic E-state index is 14.5. The molecule has 7 heteroatoms. The van der Waals surface area contributed by atoms with Gasteiger partial charge in [0.05, 0.1) is 4.90 Å². The third-order valence-corrected chi connectivity index (χ3v) is 6.01. The van der Waals surface area contributed by atoms with Crippen molar-refractivity contribution in [2.75, 3.05) is 0 Å². The smallest absolute Gasteiger partial charge is 0.331 e. The third-order valence-electron chi connectivity index (χ3n) is 4.34. The molecule has 27 heavy (non-hydrogen) atoms. The molecule has 5 nitrogen and oxygen atoms in total. The normalized spacial score (nSPS) is 12.5. The SMILES string of the molecule is CC/C(=C\c1cn(S(=O)(=O)c2ccc(C)cc2)c2c(F)cccc12)C(=O)O. The van der Waals surface area contributed by atoms with Crippen molar-refractivity contribution in [2.24, 2.45) is 0 Å². The number of carboxylic acid groups (broad SMARTS) is 1. The lowest BCUT2D eigenvalue weighted by atomic mass is 10.1. The van der Waals surface area contributed by atoms with Crippen LogP contribution >= 0.6 is 0 Å². The van der Waals surface area contributed by atoms with E-state index in [2.05, 4.69) is 0 Å². The number of hydrogen-bond acceptors (Lipinski definition) is 3. The Bertz CT molecular complexity index is 1160. The molecule has 0 aliphatic heterocycles. The first-order chi connectivity index (χ1) is 12.8. The van der Waals surface area contributed by atoms with Gasteiger partial charge in [0.15, 0.2) is 0 Å². The summed E-state index contributed by atoms with van der Waals surface area (Å²) in [5.74, 6) is -1.80. The van der Waals surface area contributed by atoms with Gasteiger partial charge in [0.1, 0.15) is 11.3 Å². The van der Waals surface area contributed by atoms with Crippen LogP contribution in [0.2, 0.25) is 0 Å². The van der Waals surface area contributed by atoms with Gasteiger partial charge in [-0.05, 0) is 37.6 Å². The Balaban J connectivity index is 2.31. The van der Waals surface area contributed by atoms with Crippen LogP contribution in [-0.4, -0.2) is 23.5 Å². The molecule has 0 spiro atoms. The zero-order valence-electron chi connectivity index (χ0n) is 14.8. The Kier molecular flexibility index (Phi) is 4.89. The molecule has 0 saturated carbocycles. The lowest BCUT2D eigenvalue weighted by Gasteiger charge is -2.08. The van der Waals surface area contributed by atoms with E-state index in [1.165, 1.54) is 36.5 Å². The summed E-state index contributed by atoms with van der Waals surface area (Å²) in [5, 5.41) is 9.60. The van der Waals surface area contributed by atoms with Gasteiger partial charge in [0, 0.05) is 22.7 Å². The quantitative estimate of drug-likeness (QED) is 0.666. The first-order valence-corrected chi connectivity index (χ1v) is 9.75. The third kappa shape index (κ3) is 3.38. The van der Waals surface area contributed by atoms with Gasteiger partial charge in [-0.3, -0.25) is 0 Å². The van der Waals surface area contributed by atoms with Gasteiger partial charge in [-0.15, -0.1) is 0 Å². The number of para-hydroxylation sites is 1. The van der Waals surface area contributed by atoms with Crippen LogP contribution in [0, 0.1) is 12.7 Å². The molecule has 0 bridgehead atoms. The highest BCUT2D eigenvalue weighted by atomic mass is 32.2. The van der Waals surface area contributed by atoms with Crippen LogP contribution < -0.4 is 0 Å². The maximum Gasteiger partial charge on any atom is 0.331 e. The van der Waals surface area contributed by atoms with Crippen LogP contribution in [0.5, 0.6) is 0 Å². The molecule has 3 aromatic rings. The molecule has 0 unspecified atom stereocenters. The van der Waals surface area contributed by atoms with Crippen LogP contribution in [0.15, 0.2) is 59.1 Å². The van der Waals surface area contributed by atoms with Crippen molar-refractivity contribution in [1.29, 1.82) is 0 Å². The summed E-state index contributed by atoms with van der Waals surface area (Å²) in [6.45, 7) is 3.52. The molecule has 3 rings (SSSR count). The first kappa shape index (κ1) is 18.8. The number of nitrogens with zero attached hydrogens (tertiary/aromatic N) is 1. The minimum atomic E-state index is -4.05. The molecule has 1 heterocycles. The number of benzene rings is 2. The number of carboxylic acids is 1. The first-order valence-electron chi connectivity index (χ1n) is 8.31. The molecule has 0 atom stereocenters. The molecule has 0 amide bonds. The number of rotatable bonds is 5. The van der Waals surface area contributed by atoms with E-state index in [9.17, 15) is 22.7 Å². The molecule has 0 aliphatic carbocycles. The Hall–Kier alpha value is -2.93. The molecule has 2 aromatic carbocycles. The van der Waals surface area contributed by atoms with E-state index in [0.717, 1.165) is 9.54 Å². The Morgan fingerprint density at radius 2 is 1.85 bits per heavy atom. The summed E-state index contributed by atoms with van der Waals surface area (Å²) in [6.07, 6.45) is 2.90. The summed E-state index contributed by atoms with van der Waals surface area (Å²) in [4.78, 5) is 11.4. The van der Waals surface area contributed by atoms with Gasteiger partial charge in [-0.25, -0.2) is 21.6 Å². The molecular weight excluding hydrogens is 369 g/mol. The average Bonchev–Trinajstić information content (AvgIpc) is 3.00. The molecule has 140 valence electrons. The number of halogens is 1. The van der Waals surface area contributed by atoms with Crippen molar-refractivity contribution in [3.63, 3.8) is 0 Å². The van der Waals surface area contributed by atoms with Crippen molar-refractivity contribution >= 4 is 33.0 Å². The summed E-state index contributed by atoms with van der Waals surface area (Å²) in [7, 11) is -4.05. The van der Waals surface area contributed by atoms with Crippen molar-refractivity contribution in [3.05, 3.63) is 71.2 Å². The van der Waals surface area contributed by atoms with Crippen molar-refractivity contribution in [2.45, 2.75) is 25.2 Å². The van der Waals surface area contributed by atoms with Crippen molar-refractivity contribution in [3.8, 4) is 0 Å². The van der Waals surface area contributed by atoms with E-state index in [0.29, 0.717) is 10.9 Å². The fraction of sp³-hybridized carbons (Fsp3) is 0.150. The number of hydrogen-bond donors (Lipinski definition) is 1. The number of aliphatic carboxylic acids is 1. The monoisotopic (exact) mass is 387 g/mol. The van der Waals surface area contributed by atoms with Crippen LogP contribution in [0.4, 0.5) is 4.39 Å². The highest BCUT2D eigenvalue weighted by molar-refractivity contribution is 7.90. The van der Waals surface area contributed by atoms with Crippen molar-refractivity contribution < 1.29 is 22.7 Å². The summed E-state index contributed by atoms with van der Waals surface area (Å²) >= 11 is 0. The van der Waals surface area contributed by atoms with Gasteiger partial charge in [-0.2, -0.15) is 0 Å². The molecule has 1 N–H and O–H groups in total. The summed E-state index contributed by atoms with van der Waals surface area (Å²) in [5.41, 5.74) is 1.23. The Morgan fingerprint density at radius 1 is 1.19 bits per heavy atom. The van der Waals surface area contributed by atoms with Gasteiger partial charge in [0.2, 0.25) is 0 Å². The van der Waals surface area contributed by atoms with Gasteiger partial charge >= 0.3 is 5.97 Å². The number of aromatic nitrogens is 1. The Morgan fingerprint density at radius 3 is 2.44 bits per heavy atom. The van der Waals surface area contributed by atoms with E-state index in [1.807, 2.05) is 6.92 Å². The Labute approximate surface area is 156 Å². The van der Waals surface area contributed by atoms with Crippen LogP contribution in [0.25, 0.3) is 17.0 Å². The highest BCUT2D eigenvalue weighted by Crippen LogP contribution is 2.30. The van der Waals surface area contributed by atoms with Gasteiger partial charge < -0.3 is 5.11 Å². The predicted molar refractivity (Wildman–Crippen MR) is 102 cm³/mol. The topological polar surface area (TPSA) is 76.4 Å². The van der Waals surface area contributed by atoms with E-state index < -0.39 is 21.8 Å². The zero-order chi connectivity index (χ0) is 19.8. The van der Waals surface area contributed by atoms with E-state index >= 15 is 0 Å². The van der Waals surface area contributed by atoms with Crippen LogP contribution in [-0.2, 0) is 14.8 Å². The zero-order valence-corrected chi connectivity index (χ0v) is 15.6. The molecule has 0 aliphatic rings. The fourth-order valence-corrected chi connectivity index (χ4v) is 4.25. The molecule has 0 saturated heterocycles. The second-order valence-electron chi connectivity index (χ2n) is 6.16. The number of aryl methyl sites for hydroxylation is 1. The standard InChI is InChI=1S/C20H18FNO4S/c1-3-14(20(23)24)11-15-12-22(19-17(15)5-4-6-18(19)21)27(25,26)16-9-7-13(2)8-10-16/h4-12H,3H2,1-2H3,(H,23,24)/b14-11+. The van der Waals surface area contributed by atoms with Crippen LogP contribution in [0.1, 0.15) is 24.5 Å². The minimum absolute atomic E-state index is 0.0257. The average molecular weight is 387 g/mol. The molecular formula is C20H18FNO4S. The summed E-state index contributed by atoms with van der Waals surface area (Å²) in [6, 6.07) is 10.5. The second-order valence-corrected chi connectivity index (χ2v) is 7.98. The predicted octanol–water partition coefficient (Wildman–Crippen LogP) is 4.20. The number of carbonyl (C=O) groups is 1. The van der Waals surface area contributed by atoms with E-state index in [1.54, 1.807) is 25.1 Å². The van der Waals surface area contributed by atoms with Gasteiger partial charge in [0.25, 0.3) is 10.0 Å². The van der Waals surface area contributed by atoms with E-state index in [4.69, 9.17) is 0 Å². The molecule has 0 fully saturated rings. The number of fused-ring (bicyclic) bond motifs is 1. The molecule has 0 radical (unpaired) electrons. The highest BCUT2D eigenvalue weighted by Gasteiger charge is 2.23. The van der Waals surface area contributed by atoms with E-state index in [-0.39, 0.29) is 22.4 Å². The van der Waals surface area contributed by atoms with Crippen molar-refractivity contribution in [1.82, 2.24) is 3.97 Å². The second kappa shape index (κ2) is 7.00. The largest absolute Gasteiger partial charge is 0.478 e. The lowest BCUT2D eigenvalue weighted by molar-refractivity contribution is -0.132. The van der Waals surface area contributed by atoms with Gasteiger partial charge in [-0.1, -0.05) is 36.8 Å². The molecule has 1 aromatic heterocycles. The summed E-state index contributed by atoms with van der Waals surface area (Å²) < 4.78 is 41.6. The lowest BCUT2D eigenvalue weighted by Crippen LogP contribution is -2.12. The van der Waals surface area contributed by atoms with Crippen LogP contribution in [0.3, 0.4) is 0 Å².